The van der Waals surface area contributed by atoms with Gasteiger partial charge in [-0.05, 0) is 38.3 Å². The van der Waals surface area contributed by atoms with E-state index in [1.807, 2.05) is 18.2 Å². The number of hydrogen-bond donors (Lipinski definition) is 2. The van der Waals surface area contributed by atoms with Crippen LogP contribution >= 0.6 is 0 Å². The maximum atomic E-state index is 9.83. The van der Waals surface area contributed by atoms with Crippen molar-refractivity contribution in [1.29, 1.82) is 0 Å². The van der Waals surface area contributed by atoms with Gasteiger partial charge < -0.3 is 15.2 Å². The van der Waals surface area contributed by atoms with E-state index in [9.17, 15) is 5.11 Å². The normalized spacial score (nSPS) is 12.6. The van der Waals surface area contributed by atoms with Crippen LogP contribution in [0.4, 0.5) is 0 Å². The fourth-order valence-electron chi connectivity index (χ4n) is 2.08. The number of ether oxygens (including phenoxy) is 1. The number of hydrogen-bond acceptors (Lipinski definition) is 3. The molecule has 0 amide bonds. The number of phenols is 1. The summed E-state index contributed by atoms with van der Waals surface area (Å²) in [4.78, 5) is 0. The van der Waals surface area contributed by atoms with Crippen molar-refractivity contribution in [3.05, 3.63) is 29.8 Å². The zero-order valence-electron chi connectivity index (χ0n) is 11.5. The molecular weight excluding hydrogens is 226 g/mol. The van der Waals surface area contributed by atoms with E-state index >= 15 is 0 Å². The van der Waals surface area contributed by atoms with Crippen molar-refractivity contribution in [3.63, 3.8) is 0 Å². The van der Waals surface area contributed by atoms with E-state index in [0.717, 1.165) is 38.0 Å². The van der Waals surface area contributed by atoms with Crippen LogP contribution in [0.5, 0.6) is 5.75 Å². The average Bonchev–Trinajstić information content (AvgIpc) is 2.39. The highest BCUT2D eigenvalue weighted by atomic mass is 16.5. The van der Waals surface area contributed by atoms with Gasteiger partial charge in [-0.1, -0.05) is 25.1 Å². The van der Waals surface area contributed by atoms with Gasteiger partial charge in [0.1, 0.15) is 5.75 Å². The van der Waals surface area contributed by atoms with Crippen molar-refractivity contribution in [2.24, 2.45) is 0 Å². The van der Waals surface area contributed by atoms with Crippen LogP contribution in [0.1, 0.15) is 44.2 Å². The van der Waals surface area contributed by atoms with Gasteiger partial charge in [0.15, 0.2) is 0 Å². The third-order valence-electron chi connectivity index (χ3n) is 3.14. The second kappa shape index (κ2) is 8.95. The molecular formula is C15H25NO2. The predicted molar refractivity (Wildman–Crippen MR) is 74.9 cm³/mol. The molecule has 0 spiro atoms. The smallest absolute Gasteiger partial charge is 0.120 e. The van der Waals surface area contributed by atoms with E-state index in [1.54, 1.807) is 13.2 Å². The summed E-state index contributed by atoms with van der Waals surface area (Å²) in [5.41, 5.74) is 0.997. The monoisotopic (exact) mass is 251 g/mol. The van der Waals surface area contributed by atoms with Gasteiger partial charge in [0.05, 0.1) is 0 Å². The summed E-state index contributed by atoms with van der Waals surface area (Å²) in [6.45, 7) is 3.96. The first-order valence-corrected chi connectivity index (χ1v) is 6.79. The van der Waals surface area contributed by atoms with Crippen LogP contribution in [0.2, 0.25) is 0 Å². The Balaban J connectivity index is 2.32. The molecule has 3 nitrogen and oxygen atoms in total. The largest absolute Gasteiger partial charge is 0.508 e. The molecule has 0 heterocycles. The molecule has 2 N–H and O–H groups in total. The third-order valence-corrected chi connectivity index (χ3v) is 3.14. The van der Waals surface area contributed by atoms with Gasteiger partial charge in [-0.25, -0.2) is 0 Å². The van der Waals surface area contributed by atoms with Crippen LogP contribution in [0.15, 0.2) is 24.3 Å². The Bertz CT molecular complexity index is 328. The summed E-state index contributed by atoms with van der Waals surface area (Å²) in [7, 11) is 1.74. The molecule has 1 atom stereocenters. The first-order chi connectivity index (χ1) is 8.79. The maximum absolute atomic E-state index is 9.83. The van der Waals surface area contributed by atoms with Crippen molar-refractivity contribution in [2.75, 3.05) is 20.3 Å². The Hall–Kier alpha value is -1.06. The maximum Gasteiger partial charge on any atom is 0.120 e. The first-order valence-electron chi connectivity index (χ1n) is 6.79. The highest BCUT2D eigenvalue weighted by Gasteiger charge is 2.11. The van der Waals surface area contributed by atoms with Crippen molar-refractivity contribution in [3.8, 4) is 5.75 Å². The molecule has 0 saturated heterocycles. The molecule has 0 radical (unpaired) electrons. The Labute approximate surface area is 110 Å². The molecule has 1 aromatic carbocycles. The second-order valence-electron chi connectivity index (χ2n) is 4.53. The van der Waals surface area contributed by atoms with Crippen LogP contribution in [0, 0.1) is 0 Å². The molecule has 0 aliphatic carbocycles. The molecule has 1 aromatic rings. The molecule has 1 rings (SSSR count). The summed E-state index contributed by atoms with van der Waals surface area (Å²) < 4.78 is 5.02. The zero-order valence-corrected chi connectivity index (χ0v) is 11.5. The Morgan fingerprint density at radius 2 is 2.00 bits per heavy atom. The predicted octanol–water partition coefficient (Wildman–Crippen LogP) is 3.25. The number of benzene rings is 1. The Morgan fingerprint density at radius 3 is 2.67 bits per heavy atom. The van der Waals surface area contributed by atoms with E-state index in [1.165, 1.54) is 6.42 Å². The summed E-state index contributed by atoms with van der Waals surface area (Å²) in [5, 5.41) is 13.3. The highest BCUT2D eigenvalue weighted by molar-refractivity contribution is 5.34. The lowest BCUT2D eigenvalue weighted by atomic mass is 10.0. The van der Waals surface area contributed by atoms with Gasteiger partial charge in [0.2, 0.25) is 0 Å². The summed E-state index contributed by atoms with van der Waals surface area (Å²) >= 11 is 0. The van der Waals surface area contributed by atoms with Gasteiger partial charge in [-0.2, -0.15) is 0 Å². The fourth-order valence-corrected chi connectivity index (χ4v) is 2.08. The molecule has 0 aromatic heterocycles. The van der Waals surface area contributed by atoms with Crippen LogP contribution in [0.3, 0.4) is 0 Å². The molecule has 0 bridgehead atoms. The molecule has 1 unspecified atom stereocenters. The SMILES string of the molecule is CCC(NCCCCCOC)c1ccccc1O. The van der Waals surface area contributed by atoms with E-state index in [2.05, 4.69) is 12.2 Å². The molecule has 0 fully saturated rings. The molecule has 0 aliphatic rings. The lowest BCUT2D eigenvalue weighted by Crippen LogP contribution is -2.22. The molecule has 0 aliphatic heterocycles. The van der Waals surface area contributed by atoms with Gasteiger partial charge in [-0.3, -0.25) is 0 Å². The number of rotatable bonds is 9. The van der Waals surface area contributed by atoms with Crippen molar-refractivity contribution < 1.29 is 9.84 Å². The number of aromatic hydroxyl groups is 1. The summed E-state index contributed by atoms with van der Waals surface area (Å²) in [5.74, 6) is 0.385. The van der Waals surface area contributed by atoms with Crippen molar-refractivity contribution >= 4 is 0 Å². The molecule has 18 heavy (non-hydrogen) atoms. The minimum Gasteiger partial charge on any atom is -0.508 e. The van der Waals surface area contributed by atoms with Crippen LogP contribution in [-0.2, 0) is 4.74 Å². The second-order valence-corrected chi connectivity index (χ2v) is 4.53. The van der Waals surface area contributed by atoms with Gasteiger partial charge in [0, 0.05) is 25.3 Å². The van der Waals surface area contributed by atoms with Crippen molar-refractivity contribution in [2.45, 2.75) is 38.6 Å². The Kier molecular flexibility index (Phi) is 7.46. The fraction of sp³-hybridized carbons (Fsp3) is 0.600. The van der Waals surface area contributed by atoms with Crippen molar-refractivity contribution in [1.82, 2.24) is 5.32 Å². The lowest BCUT2D eigenvalue weighted by Gasteiger charge is -2.18. The van der Waals surface area contributed by atoms with Gasteiger partial charge >= 0.3 is 0 Å². The summed E-state index contributed by atoms with van der Waals surface area (Å²) in [6.07, 6.45) is 4.42. The minimum atomic E-state index is 0.244. The quantitative estimate of drug-likeness (QED) is 0.662. The number of nitrogens with one attached hydrogen (secondary N) is 1. The lowest BCUT2D eigenvalue weighted by molar-refractivity contribution is 0.192. The van der Waals surface area contributed by atoms with E-state index in [0.29, 0.717) is 5.75 Å². The van der Waals surface area contributed by atoms with Crippen LogP contribution in [0.25, 0.3) is 0 Å². The molecule has 0 saturated carbocycles. The van der Waals surface area contributed by atoms with Gasteiger partial charge in [0.25, 0.3) is 0 Å². The minimum absolute atomic E-state index is 0.244. The van der Waals surface area contributed by atoms with E-state index < -0.39 is 0 Å². The van der Waals surface area contributed by atoms with E-state index in [-0.39, 0.29) is 6.04 Å². The highest BCUT2D eigenvalue weighted by Crippen LogP contribution is 2.25. The summed E-state index contributed by atoms with van der Waals surface area (Å²) in [6, 6.07) is 7.81. The average molecular weight is 251 g/mol. The molecule has 3 heteroatoms. The van der Waals surface area contributed by atoms with Crippen LogP contribution < -0.4 is 5.32 Å². The van der Waals surface area contributed by atoms with Crippen LogP contribution in [-0.4, -0.2) is 25.4 Å². The first kappa shape index (κ1) is 15.0. The Morgan fingerprint density at radius 1 is 1.22 bits per heavy atom. The van der Waals surface area contributed by atoms with Gasteiger partial charge in [-0.15, -0.1) is 0 Å². The standard InChI is InChI=1S/C15H25NO2/c1-3-14(13-9-5-6-10-15(13)17)16-11-7-4-8-12-18-2/h5-6,9-10,14,16-17H,3-4,7-8,11-12H2,1-2H3. The number of unbranched alkanes of at least 4 members (excludes halogenated alkanes) is 2. The number of methoxy groups -OCH3 is 1. The molecule has 102 valence electrons. The zero-order chi connectivity index (χ0) is 13.2. The van der Waals surface area contributed by atoms with E-state index in [4.69, 9.17) is 4.74 Å². The topological polar surface area (TPSA) is 41.5 Å². The number of phenolic OH excluding ortho intramolecular Hbond substituents is 1. The third kappa shape index (κ3) is 5.07. The number of para-hydroxylation sites is 1.